The van der Waals surface area contributed by atoms with Gasteiger partial charge >= 0.3 is 10.1 Å². The van der Waals surface area contributed by atoms with E-state index in [9.17, 15) is 8.42 Å². The third kappa shape index (κ3) is 2.14. The molecule has 0 aliphatic carbocycles. The Bertz CT molecular complexity index is 236. The van der Waals surface area contributed by atoms with Gasteiger partial charge in [0, 0.05) is 6.61 Å². The highest BCUT2D eigenvalue weighted by Crippen LogP contribution is 2.15. The van der Waals surface area contributed by atoms with Gasteiger partial charge in [0.25, 0.3) is 5.06 Å². The Morgan fingerprint density at radius 1 is 1.67 bits per heavy atom. The van der Waals surface area contributed by atoms with E-state index in [1.54, 1.807) is 0 Å². The molecule has 12 heavy (non-hydrogen) atoms. The minimum atomic E-state index is -4.62. The van der Waals surface area contributed by atoms with Crippen LogP contribution in [0.2, 0.25) is 0 Å². The maximum Gasteiger partial charge on any atom is 0.312 e. The molecule has 7 heteroatoms. The molecule has 0 aliphatic heterocycles. The number of ether oxygens (including phenoxy) is 1. The number of hydrogen-bond donors (Lipinski definition) is 3. The summed E-state index contributed by atoms with van der Waals surface area (Å²) in [5, 5.41) is 6.52. The molecule has 0 fully saturated rings. The van der Waals surface area contributed by atoms with Crippen LogP contribution in [0.3, 0.4) is 0 Å². The fourth-order valence-electron chi connectivity index (χ4n) is 0.636. The van der Waals surface area contributed by atoms with E-state index >= 15 is 0 Å². The van der Waals surface area contributed by atoms with E-state index in [4.69, 9.17) is 15.4 Å². The van der Waals surface area contributed by atoms with Crippen LogP contribution in [0.5, 0.6) is 0 Å². The maximum absolute atomic E-state index is 10.6. The van der Waals surface area contributed by atoms with Gasteiger partial charge in [-0.15, -0.1) is 0 Å². The summed E-state index contributed by atoms with van der Waals surface area (Å²) in [5.41, 5.74) is 5.12. The molecule has 0 aromatic heterocycles. The van der Waals surface area contributed by atoms with Crippen molar-refractivity contribution in [3.05, 3.63) is 0 Å². The van der Waals surface area contributed by atoms with Crippen LogP contribution in [0.4, 0.5) is 0 Å². The Hall–Kier alpha value is -0.210. The van der Waals surface area contributed by atoms with Gasteiger partial charge < -0.3 is 9.84 Å². The lowest BCUT2D eigenvalue weighted by Gasteiger charge is -2.27. The molecule has 0 amide bonds. The number of aliphatic hydroxyl groups is 1. The minimum absolute atomic E-state index is 0.0266. The summed E-state index contributed by atoms with van der Waals surface area (Å²) >= 11 is 0. The highest BCUT2D eigenvalue weighted by Gasteiger charge is 2.44. The van der Waals surface area contributed by atoms with Crippen molar-refractivity contribution in [2.45, 2.75) is 25.0 Å². The van der Waals surface area contributed by atoms with Gasteiger partial charge in [0.05, 0.1) is 0 Å². The Labute approximate surface area is 71.1 Å². The minimum Gasteiger partial charge on any atom is -0.388 e. The van der Waals surface area contributed by atoms with Crippen LogP contribution in [0.25, 0.3) is 0 Å². The van der Waals surface area contributed by atoms with Gasteiger partial charge in [-0.25, -0.2) is 0 Å². The first-order chi connectivity index (χ1) is 5.25. The largest absolute Gasteiger partial charge is 0.388 e. The van der Waals surface area contributed by atoms with Crippen molar-refractivity contribution in [2.75, 3.05) is 6.61 Å². The highest BCUT2D eigenvalue weighted by molar-refractivity contribution is 7.87. The quantitative estimate of drug-likeness (QED) is 0.392. The van der Waals surface area contributed by atoms with Crippen molar-refractivity contribution in [3.63, 3.8) is 0 Å². The Morgan fingerprint density at radius 3 is 2.17 bits per heavy atom. The van der Waals surface area contributed by atoms with Crippen LogP contribution < -0.4 is 5.73 Å². The molecular formula is C5H13NO5S. The SMILES string of the molecule is CCOC(N)(C(C)O)S(=O)(=O)O. The molecule has 0 saturated carbocycles. The first-order valence-electron chi connectivity index (χ1n) is 3.33. The van der Waals surface area contributed by atoms with Crippen LogP contribution in [-0.2, 0) is 14.9 Å². The molecule has 4 N–H and O–H groups in total. The normalized spacial score (nSPS) is 20.1. The molecule has 6 nitrogen and oxygen atoms in total. The lowest BCUT2D eigenvalue weighted by atomic mass is 10.3. The molecule has 0 rings (SSSR count). The maximum atomic E-state index is 10.6. The lowest BCUT2D eigenvalue weighted by molar-refractivity contribution is -0.0570. The zero-order chi connectivity index (χ0) is 9.99. The number of aliphatic hydroxyl groups excluding tert-OH is 1. The van der Waals surface area contributed by atoms with Gasteiger partial charge in [0.1, 0.15) is 6.10 Å². The van der Waals surface area contributed by atoms with E-state index in [0.717, 1.165) is 6.92 Å². The monoisotopic (exact) mass is 199 g/mol. The number of hydrogen-bond acceptors (Lipinski definition) is 5. The average Bonchev–Trinajstić information content (AvgIpc) is 1.85. The van der Waals surface area contributed by atoms with Crippen LogP contribution in [0.1, 0.15) is 13.8 Å². The molecule has 0 heterocycles. The fourth-order valence-corrected chi connectivity index (χ4v) is 1.33. The van der Waals surface area contributed by atoms with Crippen molar-refractivity contribution in [3.8, 4) is 0 Å². The summed E-state index contributed by atoms with van der Waals surface area (Å²) in [6.07, 6.45) is -1.51. The number of nitrogens with two attached hydrogens (primary N) is 1. The zero-order valence-electron chi connectivity index (χ0n) is 6.89. The van der Waals surface area contributed by atoms with Crippen molar-refractivity contribution >= 4 is 10.1 Å². The molecule has 0 radical (unpaired) electrons. The standard InChI is InChI=1S/C5H13NO5S/c1-3-11-5(6,4(2)7)12(8,9)10/h4,7H,3,6H2,1-2H3,(H,8,9,10). The molecule has 0 bridgehead atoms. The summed E-state index contributed by atoms with van der Waals surface area (Å²) in [6, 6.07) is 0. The smallest absolute Gasteiger partial charge is 0.312 e. The van der Waals surface area contributed by atoms with E-state index < -0.39 is 21.3 Å². The summed E-state index contributed by atoms with van der Waals surface area (Å²) < 4.78 is 34.4. The van der Waals surface area contributed by atoms with E-state index in [2.05, 4.69) is 4.74 Å². The summed E-state index contributed by atoms with van der Waals surface area (Å²) in [4.78, 5) is 0. The molecule has 0 spiro atoms. The molecule has 0 aromatic rings. The second-order valence-corrected chi connectivity index (χ2v) is 3.89. The third-order valence-electron chi connectivity index (χ3n) is 1.36. The van der Waals surface area contributed by atoms with Gasteiger partial charge in [0.15, 0.2) is 0 Å². The first-order valence-corrected chi connectivity index (χ1v) is 4.77. The molecule has 0 aromatic carbocycles. The fraction of sp³-hybridized carbons (Fsp3) is 1.00. The molecular weight excluding hydrogens is 186 g/mol. The van der Waals surface area contributed by atoms with Crippen molar-refractivity contribution in [1.29, 1.82) is 0 Å². The molecule has 0 aliphatic rings. The predicted octanol–water partition coefficient (Wildman–Crippen LogP) is -1.10. The van der Waals surface area contributed by atoms with E-state index in [1.807, 2.05) is 0 Å². The highest BCUT2D eigenvalue weighted by atomic mass is 32.2. The topological polar surface area (TPSA) is 110 Å². The zero-order valence-corrected chi connectivity index (χ0v) is 7.71. The van der Waals surface area contributed by atoms with Crippen molar-refractivity contribution < 1.29 is 22.8 Å². The van der Waals surface area contributed by atoms with E-state index in [1.165, 1.54) is 6.92 Å². The lowest BCUT2D eigenvalue weighted by Crippen LogP contribution is -2.57. The van der Waals surface area contributed by atoms with Crippen molar-refractivity contribution in [2.24, 2.45) is 5.73 Å². The third-order valence-corrected chi connectivity index (χ3v) is 2.62. The second-order valence-electron chi connectivity index (χ2n) is 2.31. The van der Waals surface area contributed by atoms with Crippen LogP contribution in [-0.4, -0.2) is 35.8 Å². The Morgan fingerprint density at radius 2 is 2.08 bits per heavy atom. The van der Waals surface area contributed by atoms with Gasteiger partial charge in [0.2, 0.25) is 0 Å². The van der Waals surface area contributed by atoms with Crippen LogP contribution in [0, 0.1) is 0 Å². The molecule has 0 saturated heterocycles. The number of rotatable bonds is 4. The summed E-state index contributed by atoms with van der Waals surface area (Å²) in [6.45, 7) is 2.58. The molecule has 74 valence electrons. The van der Waals surface area contributed by atoms with Gasteiger partial charge in [-0.05, 0) is 13.8 Å². The average molecular weight is 199 g/mol. The second kappa shape index (κ2) is 3.67. The van der Waals surface area contributed by atoms with Gasteiger partial charge in [-0.3, -0.25) is 10.3 Å². The summed E-state index contributed by atoms with van der Waals surface area (Å²) in [5.74, 6) is 0. The van der Waals surface area contributed by atoms with Gasteiger partial charge in [-0.1, -0.05) is 0 Å². The van der Waals surface area contributed by atoms with Crippen LogP contribution >= 0.6 is 0 Å². The Kier molecular flexibility index (Phi) is 3.60. The predicted molar refractivity (Wildman–Crippen MR) is 41.8 cm³/mol. The van der Waals surface area contributed by atoms with Crippen LogP contribution in [0.15, 0.2) is 0 Å². The Balaban J connectivity index is 4.89. The molecule has 2 unspecified atom stereocenters. The van der Waals surface area contributed by atoms with Gasteiger partial charge in [-0.2, -0.15) is 8.42 Å². The van der Waals surface area contributed by atoms with E-state index in [-0.39, 0.29) is 6.61 Å². The summed E-state index contributed by atoms with van der Waals surface area (Å²) in [7, 11) is -4.62. The van der Waals surface area contributed by atoms with E-state index in [0.29, 0.717) is 0 Å². The van der Waals surface area contributed by atoms with Crippen molar-refractivity contribution in [1.82, 2.24) is 0 Å². The molecule has 2 atom stereocenters. The first kappa shape index (κ1) is 11.8.